The Bertz CT molecular complexity index is 1230. The summed E-state index contributed by atoms with van der Waals surface area (Å²) < 4.78 is 6.15. The van der Waals surface area contributed by atoms with Crippen LogP contribution < -0.4 is 15.5 Å². The monoisotopic (exact) mass is 547 g/mol. The molecule has 0 aliphatic heterocycles. The van der Waals surface area contributed by atoms with Crippen molar-refractivity contribution < 1.29 is 19.1 Å². The van der Waals surface area contributed by atoms with Gasteiger partial charge in [-0.15, -0.1) is 0 Å². The average molecular weight is 549 g/mol. The number of hydrogen-bond donors (Lipinski definition) is 2. The fourth-order valence-electron chi connectivity index (χ4n) is 2.61. The van der Waals surface area contributed by atoms with Crippen molar-refractivity contribution in [3.8, 4) is 5.75 Å². The lowest BCUT2D eigenvalue weighted by Gasteiger charge is -2.09. The van der Waals surface area contributed by atoms with E-state index in [4.69, 9.17) is 27.9 Å². The van der Waals surface area contributed by atoms with Gasteiger partial charge in [0.05, 0.1) is 33.9 Å². The predicted octanol–water partition coefficient (Wildman–Crippen LogP) is 4.86. The van der Waals surface area contributed by atoms with Crippen LogP contribution in [-0.2, 0) is 4.79 Å². The van der Waals surface area contributed by atoms with Gasteiger partial charge < -0.3 is 10.1 Å². The van der Waals surface area contributed by atoms with Crippen molar-refractivity contribution in [2.24, 2.45) is 5.10 Å². The van der Waals surface area contributed by atoms with Crippen LogP contribution in [0.5, 0.6) is 5.75 Å². The fourth-order valence-corrected chi connectivity index (χ4v) is 3.42. The number of carbonyl (C=O) groups excluding carboxylic acids is 3. The molecule has 0 aliphatic rings. The molecule has 10 heteroatoms. The van der Waals surface area contributed by atoms with Crippen LogP contribution in [0.15, 0.2) is 76.3 Å². The van der Waals surface area contributed by atoms with Gasteiger partial charge in [0.2, 0.25) is 0 Å². The molecule has 2 amide bonds. The fraction of sp³-hybridized carbons (Fsp3) is 0.0435. The van der Waals surface area contributed by atoms with Crippen LogP contribution in [0.2, 0.25) is 10.0 Å². The lowest BCUT2D eigenvalue weighted by atomic mass is 10.2. The van der Waals surface area contributed by atoms with Gasteiger partial charge in [-0.2, -0.15) is 5.10 Å². The Morgan fingerprint density at radius 3 is 2.24 bits per heavy atom. The van der Waals surface area contributed by atoms with Crippen molar-refractivity contribution in [3.05, 3.63) is 97.9 Å². The number of hydrazone groups is 1. The van der Waals surface area contributed by atoms with Gasteiger partial charge in [0.25, 0.3) is 11.8 Å². The Morgan fingerprint density at radius 1 is 0.939 bits per heavy atom. The number of benzene rings is 3. The summed E-state index contributed by atoms with van der Waals surface area (Å²) in [6.45, 7) is -0.311. The van der Waals surface area contributed by atoms with Crippen molar-refractivity contribution in [2.75, 3.05) is 6.54 Å². The van der Waals surface area contributed by atoms with Crippen LogP contribution in [0.4, 0.5) is 0 Å². The van der Waals surface area contributed by atoms with Crippen molar-refractivity contribution >= 4 is 63.1 Å². The maximum absolute atomic E-state index is 12.5. The molecule has 0 aliphatic carbocycles. The van der Waals surface area contributed by atoms with Crippen molar-refractivity contribution in [1.29, 1.82) is 0 Å². The zero-order valence-corrected chi connectivity index (χ0v) is 19.9. The molecule has 0 radical (unpaired) electrons. The van der Waals surface area contributed by atoms with E-state index in [1.165, 1.54) is 6.21 Å². The van der Waals surface area contributed by atoms with Crippen LogP contribution in [0.25, 0.3) is 0 Å². The maximum atomic E-state index is 12.5. The molecule has 0 unspecified atom stereocenters. The van der Waals surface area contributed by atoms with Gasteiger partial charge in [0.15, 0.2) is 0 Å². The maximum Gasteiger partial charge on any atom is 0.345 e. The lowest BCUT2D eigenvalue weighted by molar-refractivity contribution is -0.120. The molecule has 2 N–H and O–H groups in total. The molecule has 0 spiro atoms. The van der Waals surface area contributed by atoms with Gasteiger partial charge in [-0.05, 0) is 42.5 Å². The number of halogens is 3. The second-order valence-corrected chi connectivity index (χ2v) is 8.24. The summed E-state index contributed by atoms with van der Waals surface area (Å²) in [6, 6.07) is 17.9. The summed E-state index contributed by atoms with van der Waals surface area (Å²) >= 11 is 15.4. The van der Waals surface area contributed by atoms with Gasteiger partial charge in [-0.3, -0.25) is 9.59 Å². The number of esters is 1. The number of hydrogen-bond acceptors (Lipinski definition) is 5. The van der Waals surface area contributed by atoms with Gasteiger partial charge in [0.1, 0.15) is 5.75 Å². The first-order valence-electron chi connectivity index (χ1n) is 9.46. The molecule has 3 rings (SSSR count). The molecule has 0 aromatic heterocycles. The highest BCUT2D eigenvalue weighted by atomic mass is 79.9. The van der Waals surface area contributed by atoms with Gasteiger partial charge >= 0.3 is 5.97 Å². The summed E-state index contributed by atoms with van der Waals surface area (Å²) in [7, 11) is 0. The number of rotatable bonds is 7. The quantitative estimate of drug-likeness (QED) is 0.191. The summed E-state index contributed by atoms with van der Waals surface area (Å²) in [5.74, 6) is -1.46. The van der Waals surface area contributed by atoms with E-state index in [2.05, 4.69) is 31.8 Å². The van der Waals surface area contributed by atoms with E-state index < -0.39 is 17.8 Å². The molecule has 0 saturated carbocycles. The molecule has 0 atom stereocenters. The van der Waals surface area contributed by atoms with E-state index in [0.717, 1.165) is 0 Å². The molecule has 0 bridgehead atoms. The van der Waals surface area contributed by atoms with Crippen molar-refractivity contribution in [3.63, 3.8) is 0 Å². The third-order valence-corrected chi connectivity index (χ3v) is 5.34. The Labute approximate surface area is 207 Å². The molecule has 0 fully saturated rings. The minimum Gasteiger partial charge on any atom is -0.422 e. The van der Waals surface area contributed by atoms with Gasteiger partial charge in [0, 0.05) is 10.0 Å². The molecule has 3 aromatic carbocycles. The minimum absolute atomic E-state index is 0.215. The van der Waals surface area contributed by atoms with Crippen LogP contribution in [-0.4, -0.2) is 30.5 Å². The second-order valence-electron chi connectivity index (χ2n) is 6.51. The Balaban J connectivity index is 1.61. The molecule has 7 nitrogen and oxygen atoms in total. The molecule has 0 heterocycles. The normalized spacial score (nSPS) is 10.6. The number of carbonyl (C=O) groups is 3. The number of nitrogens with one attached hydrogen (secondary N) is 2. The van der Waals surface area contributed by atoms with E-state index in [1.54, 1.807) is 66.7 Å². The SMILES string of the molecule is O=C(CNC(=O)c1ccccc1Cl)N/N=C/c1cc(Br)ccc1OC(=O)c1ccccc1Cl. The molecule has 33 heavy (non-hydrogen) atoms. The summed E-state index contributed by atoms with van der Waals surface area (Å²) in [6.07, 6.45) is 1.31. The third kappa shape index (κ3) is 6.89. The van der Waals surface area contributed by atoms with E-state index in [-0.39, 0.29) is 33.5 Å². The Hall–Kier alpha value is -3.20. The minimum atomic E-state index is -0.635. The van der Waals surface area contributed by atoms with Gasteiger partial charge in [-0.1, -0.05) is 63.4 Å². The van der Waals surface area contributed by atoms with Crippen molar-refractivity contribution in [1.82, 2.24) is 10.7 Å². The molecular weight excluding hydrogens is 533 g/mol. The van der Waals surface area contributed by atoms with E-state index >= 15 is 0 Å². The van der Waals surface area contributed by atoms with Crippen molar-refractivity contribution in [2.45, 2.75) is 0 Å². The molecule has 3 aromatic rings. The first-order chi connectivity index (χ1) is 15.8. The summed E-state index contributed by atoms with van der Waals surface area (Å²) in [5, 5.41) is 6.87. The molecule has 0 saturated heterocycles. The van der Waals surface area contributed by atoms with E-state index in [0.29, 0.717) is 10.0 Å². The molecular formula is C23H16BrCl2N3O4. The highest BCUT2D eigenvalue weighted by Crippen LogP contribution is 2.24. The summed E-state index contributed by atoms with van der Waals surface area (Å²) in [4.78, 5) is 36.6. The smallest absolute Gasteiger partial charge is 0.345 e. The first kappa shape index (κ1) is 24.4. The molecule has 168 valence electrons. The predicted molar refractivity (Wildman–Crippen MR) is 130 cm³/mol. The van der Waals surface area contributed by atoms with Crippen LogP contribution in [0.3, 0.4) is 0 Å². The third-order valence-electron chi connectivity index (χ3n) is 4.19. The van der Waals surface area contributed by atoms with E-state index in [1.807, 2.05) is 0 Å². The highest BCUT2D eigenvalue weighted by Gasteiger charge is 2.15. The zero-order chi connectivity index (χ0) is 23.8. The lowest BCUT2D eigenvalue weighted by Crippen LogP contribution is -2.35. The van der Waals surface area contributed by atoms with Crippen LogP contribution >= 0.6 is 39.1 Å². The Kier molecular flexibility index (Phi) is 8.59. The number of nitrogens with zero attached hydrogens (tertiary/aromatic N) is 1. The second kappa shape index (κ2) is 11.6. The van der Waals surface area contributed by atoms with E-state index in [9.17, 15) is 14.4 Å². The highest BCUT2D eigenvalue weighted by molar-refractivity contribution is 9.10. The Morgan fingerprint density at radius 2 is 1.58 bits per heavy atom. The van der Waals surface area contributed by atoms with Gasteiger partial charge in [-0.25, -0.2) is 10.2 Å². The first-order valence-corrected chi connectivity index (χ1v) is 11.0. The van der Waals surface area contributed by atoms with Crippen LogP contribution in [0.1, 0.15) is 26.3 Å². The standard InChI is InChI=1S/C23H16BrCl2N3O4/c24-15-9-10-20(33-23(32)17-6-2-4-8-19(17)26)14(11-15)12-28-29-21(30)13-27-22(31)16-5-1-3-7-18(16)25/h1-12H,13H2,(H,27,31)(H,29,30)/b28-12+. The number of ether oxygens (including phenoxy) is 1. The largest absolute Gasteiger partial charge is 0.422 e. The number of amides is 2. The van der Waals surface area contributed by atoms with Crippen LogP contribution in [0, 0.1) is 0 Å². The topological polar surface area (TPSA) is 96.9 Å². The summed E-state index contributed by atoms with van der Waals surface area (Å²) in [5.41, 5.74) is 3.19. The average Bonchev–Trinajstić information content (AvgIpc) is 2.79. The zero-order valence-electron chi connectivity index (χ0n) is 16.8.